The summed E-state index contributed by atoms with van der Waals surface area (Å²) >= 11 is 0. The number of ether oxygens (including phenoxy) is 1. The Labute approximate surface area is 199 Å². The summed E-state index contributed by atoms with van der Waals surface area (Å²) in [5.41, 5.74) is -1.68. The van der Waals surface area contributed by atoms with Gasteiger partial charge in [0, 0.05) is 43.6 Å². The van der Waals surface area contributed by atoms with Crippen molar-refractivity contribution in [2.45, 2.75) is 58.5 Å². The van der Waals surface area contributed by atoms with Crippen LogP contribution in [0.25, 0.3) is 16.9 Å². The fraction of sp³-hybridized carbons (Fsp3) is 0.478. The molecule has 0 saturated carbocycles. The zero-order chi connectivity index (χ0) is 25.7. The van der Waals surface area contributed by atoms with Gasteiger partial charge in [0.15, 0.2) is 5.65 Å². The highest BCUT2D eigenvalue weighted by Crippen LogP contribution is 2.41. The van der Waals surface area contributed by atoms with Gasteiger partial charge in [-0.25, -0.2) is 24.1 Å². The first-order valence-corrected chi connectivity index (χ1v) is 11.1. The monoisotopic (exact) mass is 494 g/mol. The fourth-order valence-corrected chi connectivity index (χ4v) is 4.17. The van der Waals surface area contributed by atoms with E-state index in [1.807, 2.05) is 0 Å². The molecule has 1 fully saturated rings. The van der Waals surface area contributed by atoms with Gasteiger partial charge in [-0.15, -0.1) is 0 Å². The van der Waals surface area contributed by atoms with Gasteiger partial charge in [-0.3, -0.25) is 4.57 Å². The van der Waals surface area contributed by atoms with Gasteiger partial charge in [0.1, 0.15) is 29.4 Å². The van der Waals surface area contributed by atoms with Crippen molar-refractivity contribution in [3.05, 3.63) is 42.2 Å². The second-order valence-corrected chi connectivity index (χ2v) is 9.62. The molecular formula is C23H26F4N6O2. The molecule has 0 aliphatic carbocycles. The van der Waals surface area contributed by atoms with Gasteiger partial charge in [0.2, 0.25) is 0 Å². The Morgan fingerprint density at radius 1 is 1.09 bits per heavy atom. The SMILES string of the molecule is C[C@@H]1CN(c2ncnc3c2c(C(F)(F)F)cn3-c2cc(F)ccn2)[C@@H](C)CN1C(=O)OC(C)(C)C. The highest BCUT2D eigenvalue weighted by Gasteiger charge is 2.40. The van der Waals surface area contributed by atoms with Crippen LogP contribution in [0.1, 0.15) is 40.2 Å². The molecule has 3 aromatic rings. The topological polar surface area (TPSA) is 76.4 Å². The highest BCUT2D eigenvalue weighted by molar-refractivity contribution is 5.93. The van der Waals surface area contributed by atoms with Crippen LogP contribution in [0.15, 0.2) is 30.9 Å². The Kier molecular flexibility index (Phi) is 6.10. The molecule has 0 aromatic carbocycles. The lowest BCUT2D eigenvalue weighted by atomic mass is 10.1. The molecule has 0 unspecified atom stereocenters. The molecule has 12 heteroatoms. The molecule has 4 heterocycles. The molecule has 4 rings (SSSR count). The zero-order valence-electron chi connectivity index (χ0n) is 20.0. The first-order valence-electron chi connectivity index (χ1n) is 11.1. The average molecular weight is 494 g/mol. The average Bonchev–Trinajstić information content (AvgIpc) is 3.14. The van der Waals surface area contributed by atoms with Crippen LogP contribution in [0.2, 0.25) is 0 Å². The number of hydrogen-bond acceptors (Lipinski definition) is 6. The van der Waals surface area contributed by atoms with E-state index in [-0.39, 0.29) is 47.8 Å². The van der Waals surface area contributed by atoms with Crippen LogP contribution in [0.3, 0.4) is 0 Å². The number of carbonyl (C=O) groups excluding carboxylic acids is 1. The van der Waals surface area contributed by atoms with Gasteiger partial charge in [-0.1, -0.05) is 0 Å². The summed E-state index contributed by atoms with van der Waals surface area (Å²) in [5, 5.41) is -0.212. The largest absolute Gasteiger partial charge is 0.444 e. The van der Waals surface area contributed by atoms with E-state index in [2.05, 4.69) is 15.0 Å². The molecule has 1 aliphatic heterocycles. The van der Waals surface area contributed by atoms with Crippen molar-refractivity contribution in [3.63, 3.8) is 0 Å². The van der Waals surface area contributed by atoms with E-state index in [1.54, 1.807) is 44.4 Å². The maximum atomic E-state index is 14.1. The fourth-order valence-electron chi connectivity index (χ4n) is 4.17. The Hall–Kier alpha value is -3.44. The Morgan fingerprint density at radius 2 is 1.80 bits per heavy atom. The summed E-state index contributed by atoms with van der Waals surface area (Å²) in [6.45, 7) is 9.36. The number of hydrogen-bond donors (Lipinski definition) is 0. The summed E-state index contributed by atoms with van der Waals surface area (Å²) in [6, 6.07) is 1.42. The van der Waals surface area contributed by atoms with E-state index in [0.717, 1.165) is 22.9 Å². The van der Waals surface area contributed by atoms with Crippen LogP contribution < -0.4 is 4.90 Å². The molecule has 8 nitrogen and oxygen atoms in total. The number of piperazine rings is 1. The third-order valence-corrected chi connectivity index (χ3v) is 5.71. The van der Waals surface area contributed by atoms with Crippen molar-refractivity contribution < 1.29 is 27.1 Å². The molecule has 0 radical (unpaired) electrons. The summed E-state index contributed by atoms with van der Waals surface area (Å²) in [4.78, 5) is 28.3. The number of nitrogens with zero attached hydrogens (tertiary/aromatic N) is 6. The van der Waals surface area contributed by atoms with Gasteiger partial charge in [0.05, 0.1) is 10.9 Å². The number of rotatable bonds is 2. The third-order valence-electron chi connectivity index (χ3n) is 5.71. The Bertz CT molecular complexity index is 1250. The van der Waals surface area contributed by atoms with E-state index in [4.69, 9.17) is 4.74 Å². The molecular weight excluding hydrogens is 468 g/mol. The van der Waals surface area contributed by atoms with Crippen molar-refractivity contribution in [2.75, 3.05) is 18.0 Å². The van der Waals surface area contributed by atoms with Gasteiger partial charge in [-0.05, 0) is 40.7 Å². The molecule has 35 heavy (non-hydrogen) atoms. The van der Waals surface area contributed by atoms with E-state index < -0.39 is 29.3 Å². The van der Waals surface area contributed by atoms with Crippen molar-refractivity contribution >= 4 is 22.9 Å². The molecule has 188 valence electrons. The molecule has 1 saturated heterocycles. The van der Waals surface area contributed by atoms with Crippen molar-refractivity contribution in [2.24, 2.45) is 0 Å². The van der Waals surface area contributed by atoms with Crippen molar-refractivity contribution in [1.29, 1.82) is 0 Å². The maximum absolute atomic E-state index is 14.1. The predicted octanol–water partition coefficient (Wildman–Crippen LogP) is 4.81. The Morgan fingerprint density at radius 3 is 2.43 bits per heavy atom. The van der Waals surface area contributed by atoms with Crippen molar-refractivity contribution in [3.8, 4) is 5.82 Å². The first kappa shape index (κ1) is 24.7. The van der Waals surface area contributed by atoms with Crippen LogP contribution >= 0.6 is 0 Å². The van der Waals surface area contributed by atoms with Crippen LogP contribution in [-0.2, 0) is 10.9 Å². The van der Waals surface area contributed by atoms with E-state index >= 15 is 0 Å². The van der Waals surface area contributed by atoms with Gasteiger partial charge in [0.25, 0.3) is 0 Å². The Balaban J connectivity index is 1.78. The second kappa shape index (κ2) is 8.65. The number of carbonyl (C=O) groups is 1. The number of anilines is 1. The molecule has 1 amide bonds. The highest BCUT2D eigenvalue weighted by atomic mass is 19.4. The minimum Gasteiger partial charge on any atom is -0.444 e. The number of aromatic nitrogens is 4. The van der Waals surface area contributed by atoms with Gasteiger partial charge < -0.3 is 14.5 Å². The van der Waals surface area contributed by atoms with E-state index in [0.29, 0.717) is 0 Å². The minimum absolute atomic E-state index is 0.0358. The number of amides is 1. The number of fused-ring (bicyclic) bond motifs is 1. The van der Waals surface area contributed by atoms with Crippen molar-refractivity contribution in [1.82, 2.24) is 24.4 Å². The van der Waals surface area contributed by atoms with E-state index in [9.17, 15) is 22.4 Å². The zero-order valence-corrected chi connectivity index (χ0v) is 20.0. The third kappa shape index (κ3) is 4.87. The molecule has 0 N–H and O–H groups in total. The summed E-state index contributed by atoms with van der Waals surface area (Å²) in [5.74, 6) is -0.590. The lowest BCUT2D eigenvalue weighted by Crippen LogP contribution is -2.59. The first-order chi connectivity index (χ1) is 16.3. The molecule has 1 aliphatic rings. The smallest absolute Gasteiger partial charge is 0.418 e. The van der Waals surface area contributed by atoms with Crippen LogP contribution in [-0.4, -0.2) is 61.3 Å². The second-order valence-electron chi connectivity index (χ2n) is 9.62. The van der Waals surface area contributed by atoms with Crippen LogP contribution in [0, 0.1) is 5.82 Å². The summed E-state index contributed by atoms with van der Waals surface area (Å²) in [6.07, 6.45) is -2.00. The normalized spacial score (nSPS) is 19.3. The predicted molar refractivity (Wildman–Crippen MR) is 121 cm³/mol. The molecule has 0 bridgehead atoms. The number of alkyl halides is 3. The summed E-state index contributed by atoms with van der Waals surface area (Å²) < 4.78 is 62.8. The standard InChI is InChI=1S/C23H26F4N6O2/c1-13-10-32(21(34)35-22(3,4)5)14(2)9-31(13)19-18-16(23(25,26)27)11-33(20(18)30-12-29-19)17-8-15(24)6-7-28-17/h6-8,11-14H,9-10H2,1-5H3/t13-,14+/m0/s1. The lowest BCUT2D eigenvalue weighted by Gasteiger charge is -2.44. The number of pyridine rings is 1. The lowest BCUT2D eigenvalue weighted by molar-refractivity contribution is -0.136. The maximum Gasteiger partial charge on any atom is 0.418 e. The van der Waals surface area contributed by atoms with Gasteiger partial charge in [-0.2, -0.15) is 13.2 Å². The minimum atomic E-state index is -4.72. The molecule has 2 atom stereocenters. The van der Waals surface area contributed by atoms with Gasteiger partial charge >= 0.3 is 12.3 Å². The van der Waals surface area contributed by atoms with E-state index in [1.165, 1.54) is 12.5 Å². The molecule has 3 aromatic heterocycles. The molecule has 0 spiro atoms. The number of halogens is 4. The van der Waals surface area contributed by atoms with Crippen LogP contribution in [0.5, 0.6) is 0 Å². The summed E-state index contributed by atoms with van der Waals surface area (Å²) in [7, 11) is 0. The quantitative estimate of drug-likeness (QED) is 0.476. The van der Waals surface area contributed by atoms with Crippen LogP contribution in [0.4, 0.5) is 28.2 Å².